The van der Waals surface area contributed by atoms with Crippen LogP contribution >= 0.6 is 0 Å². The van der Waals surface area contributed by atoms with Gasteiger partial charge in [0.25, 0.3) is 5.91 Å². The van der Waals surface area contributed by atoms with Gasteiger partial charge in [-0.3, -0.25) is 9.78 Å². The van der Waals surface area contributed by atoms with Crippen molar-refractivity contribution in [2.45, 2.75) is 24.7 Å². The average molecular weight is 320 g/mol. The van der Waals surface area contributed by atoms with Gasteiger partial charge >= 0.3 is 0 Å². The summed E-state index contributed by atoms with van der Waals surface area (Å²) >= 11 is 0. The Morgan fingerprint density at radius 3 is 2.36 bits per heavy atom. The van der Waals surface area contributed by atoms with E-state index in [4.69, 9.17) is 10.9 Å². The maximum Gasteiger partial charge on any atom is 0.269 e. The molecule has 4 N–H and O–H groups in total. The SMILES string of the molecule is Cc1cnc(CCc2ccc(S(N)(=O)=O)cc2)c(C(N)=O)n1. The van der Waals surface area contributed by atoms with Crippen LogP contribution in [0.15, 0.2) is 35.4 Å². The summed E-state index contributed by atoms with van der Waals surface area (Å²) in [4.78, 5) is 19.7. The number of primary sulfonamides is 1. The average Bonchev–Trinajstić information content (AvgIpc) is 2.45. The number of amides is 1. The molecule has 0 unspecified atom stereocenters. The summed E-state index contributed by atoms with van der Waals surface area (Å²) in [6, 6.07) is 6.23. The van der Waals surface area contributed by atoms with Crippen LogP contribution in [0.25, 0.3) is 0 Å². The third-order valence-corrected chi connectivity index (χ3v) is 4.03. The molecule has 116 valence electrons. The number of aromatic nitrogens is 2. The summed E-state index contributed by atoms with van der Waals surface area (Å²) in [5, 5.41) is 5.04. The maximum atomic E-state index is 11.4. The van der Waals surface area contributed by atoms with Crippen LogP contribution in [-0.4, -0.2) is 24.3 Å². The smallest absolute Gasteiger partial charge is 0.269 e. The van der Waals surface area contributed by atoms with E-state index in [0.717, 1.165) is 5.56 Å². The van der Waals surface area contributed by atoms with Crippen molar-refractivity contribution >= 4 is 15.9 Å². The minimum atomic E-state index is -3.69. The topological polar surface area (TPSA) is 129 Å². The molecule has 7 nitrogen and oxygen atoms in total. The van der Waals surface area contributed by atoms with Gasteiger partial charge in [-0.05, 0) is 37.5 Å². The first kappa shape index (κ1) is 16.1. The van der Waals surface area contributed by atoms with Crippen molar-refractivity contribution in [3.8, 4) is 0 Å². The first-order valence-corrected chi connectivity index (χ1v) is 8.06. The minimum Gasteiger partial charge on any atom is -0.364 e. The van der Waals surface area contributed by atoms with E-state index in [2.05, 4.69) is 9.97 Å². The molecule has 0 radical (unpaired) electrons. The fourth-order valence-electron chi connectivity index (χ4n) is 1.99. The molecule has 2 rings (SSSR count). The third kappa shape index (κ3) is 3.86. The van der Waals surface area contributed by atoms with Gasteiger partial charge in [-0.25, -0.2) is 18.5 Å². The molecule has 1 aromatic carbocycles. The highest BCUT2D eigenvalue weighted by Crippen LogP contribution is 2.12. The number of benzene rings is 1. The van der Waals surface area contributed by atoms with Crippen LogP contribution in [0.4, 0.5) is 0 Å². The minimum absolute atomic E-state index is 0.0594. The van der Waals surface area contributed by atoms with Crippen molar-refractivity contribution in [1.82, 2.24) is 9.97 Å². The number of rotatable bonds is 5. The second-order valence-electron chi connectivity index (χ2n) is 4.86. The normalized spacial score (nSPS) is 11.4. The summed E-state index contributed by atoms with van der Waals surface area (Å²) < 4.78 is 22.4. The van der Waals surface area contributed by atoms with E-state index in [0.29, 0.717) is 24.2 Å². The highest BCUT2D eigenvalue weighted by molar-refractivity contribution is 7.89. The number of nitrogens with two attached hydrogens (primary N) is 2. The highest BCUT2D eigenvalue weighted by Gasteiger charge is 2.12. The molecule has 0 saturated heterocycles. The molecule has 0 fully saturated rings. The van der Waals surface area contributed by atoms with Gasteiger partial charge in [0.1, 0.15) is 5.69 Å². The van der Waals surface area contributed by atoms with Crippen LogP contribution in [0.2, 0.25) is 0 Å². The molecule has 0 spiro atoms. The van der Waals surface area contributed by atoms with E-state index in [-0.39, 0.29) is 10.6 Å². The highest BCUT2D eigenvalue weighted by atomic mass is 32.2. The molecule has 1 amide bonds. The van der Waals surface area contributed by atoms with Crippen LogP contribution in [0.1, 0.15) is 27.4 Å². The first-order chi connectivity index (χ1) is 10.3. The molecule has 0 saturated carbocycles. The number of nitrogens with zero attached hydrogens (tertiary/aromatic N) is 2. The molecule has 0 bridgehead atoms. The van der Waals surface area contributed by atoms with Gasteiger partial charge in [-0.2, -0.15) is 0 Å². The molecule has 8 heteroatoms. The van der Waals surface area contributed by atoms with Crippen LogP contribution in [0, 0.1) is 6.92 Å². The van der Waals surface area contributed by atoms with Crippen LogP contribution < -0.4 is 10.9 Å². The van der Waals surface area contributed by atoms with Crippen LogP contribution in [0.5, 0.6) is 0 Å². The number of hydrogen-bond acceptors (Lipinski definition) is 5. The van der Waals surface area contributed by atoms with Crippen LogP contribution in [-0.2, 0) is 22.9 Å². The summed E-state index contributed by atoms with van der Waals surface area (Å²) in [5.41, 5.74) is 7.50. The van der Waals surface area contributed by atoms with Gasteiger partial charge in [0.05, 0.1) is 16.3 Å². The van der Waals surface area contributed by atoms with E-state index in [1.54, 1.807) is 25.3 Å². The van der Waals surface area contributed by atoms with E-state index < -0.39 is 15.9 Å². The lowest BCUT2D eigenvalue weighted by atomic mass is 10.1. The van der Waals surface area contributed by atoms with Crippen molar-refractivity contribution in [1.29, 1.82) is 0 Å². The van der Waals surface area contributed by atoms with Crippen molar-refractivity contribution in [3.05, 3.63) is 53.1 Å². The lowest BCUT2D eigenvalue weighted by molar-refractivity contribution is 0.0994. The number of hydrogen-bond donors (Lipinski definition) is 2. The van der Waals surface area contributed by atoms with Gasteiger partial charge < -0.3 is 5.73 Å². The lowest BCUT2D eigenvalue weighted by Gasteiger charge is -2.06. The molecular weight excluding hydrogens is 304 g/mol. The quantitative estimate of drug-likeness (QED) is 0.819. The van der Waals surface area contributed by atoms with Gasteiger partial charge in [-0.1, -0.05) is 12.1 Å². The van der Waals surface area contributed by atoms with E-state index in [9.17, 15) is 13.2 Å². The predicted octanol–water partition coefficient (Wildman–Crippen LogP) is 0.317. The Hall–Kier alpha value is -2.32. The maximum absolute atomic E-state index is 11.4. The van der Waals surface area contributed by atoms with E-state index in [1.807, 2.05) is 0 Å². The van der Waals surface area contributed by atoms with E-state index >= 15 is 0 Å². The van der Waals surface area contributed by atoms with Crippen molar-refractivity contribution < 1.29 is 13.2 Å². The standard InChI is InChI=1S/C14H16N4O3S/c1-9-8-17-12(13(18-9)14(15)19)7-4-10-2-5-11(6-3-10)22(16,20)21/h2-3,5-6,8H,4,7H2,1H3,(H2,15,19)(H2,16,20,21). The molecule has 0 atom stereocenters. The molecule has 2 aromatic rings. The fraction of sp³-hybridized carbons (Fsp3) is 0.214. The number of carbonyl (C=O) groups is 1. The summed E-state index contributed by atoms with van der Waals surface area (Å²) in [7, 11) is -3.69. The molecule has 0 aliphatic rings. The van der Waals surface area contributed by atoms with E-state index in [1.165, 1.54) is 12.1 Å². The Kier molecular flexibility index (Phi) is 4.53. The number of primary amides is 1. The van der Waals surface area contributed by atoms with Gasteiger partial charge in [0.2, 0.25) is 10.0 Å². The van der Waals surface area contributed by atoms with Gasteiger partial charge in [0, 0.05) is 6.20 Å². The largest absolute Gasteiger partial charge is 0.364 e. The first-order valence-electron chi connectivity index (χ1n) is 6.51. The van der Waals surface area contributed by atoms with Crippen molar-refractivity contribution in [2.75, 3.05) is 0 Å². The zero-order chi connectivity index (χ0) is 16.3. The molecular formula is C14H16N4O3S. The fourth-order valence-corrected chi connectivity index (χ4v) is 2.51. The molecule has 22 heavy (non-hydrogen) atoms. The Labute approximate surface area is 128 Å². The predicted molar refractivity (Wildman–Crippen MR) is 80.5 cm³/mol. The Balaban J connectivity index is 2.15. The van der Waals surface area contributed by atoms with Gasteiger partial charge in [-0.15, -0.1) is 0 Å². The monoisotopic (exact) mass is 320 g/mol. The zero-order valence-corrected chi connectivity index (χ0v) is 12.8. The van der Waals surface area contributed by atoms with Crippen LogP contribution in [0.3, 0.4) is 0 Å². The van der Waals surface area contributed by atoms with Crippen molar-refractivity contribution in [3.63, 3.8) is 0 Å². The Bertz CT molecular complexity index is 801. The Morgan fingerprint density at radius 1 is 1.18 bits per heavy atom. The third-order valence-electron chi connectivity index (χ3n) is 3.10. The second kappa shape index (κ2) is 6.20. The number of aryl methyl sites for hydroxylation is 3. The zero-order valence-electron chi connectivity index (χ0n) is 12.0. The molecule has 0 aliphatic carbocycles. The summed E-state index contributed by atoms with van der Waals surface area (Å²) in [6.07, 6.45) is 2.62. The van der Waals surface area contributed by atoms with Gasteiger partial charge in [0.15, 0.2) is 0 Å². The second-order valence-corrected chi connectivity index (χ2v) is 6.42. The number of sulfonamides is 1. The van der Waals surface area contributed by atoms with Crippen molar-refractivity contribution in [2.24, 2.45) is 10.9 Å². The molecule has 0 aliphatic heterocycles. The molecule has 1 heterocycles. The Morgan fingerprint density at radius 2 is 1.82 bits per heavy atom. The molecule has 1 aromatic heterocycles. The summed E-state index contributed by atoms with van der Waals surface area (Å²) in [6.45, 7) is 1.73. The number of carbonyl (C=O) groups excluding carboxylic acids is 1. The summed E-state index contributed by atoms with van der Waals surface area (Å²) in [5.74, 6) is -0.615. The lowest BCUT2D eigenvalue weighted by Crippen LogP contribution is -2.18.